The summed E-state index contributed by atoms with van der Waals surface area (Å²) in [7, 11) is 1.26. The van der Waals surface area contributed by atoms with Gasteiger partial charge in [0.1, 0.15) is 18.9 Å². The molecule has 0 heterocycles. The van der Waals surface area contributed by atoms with Crippen molar-refractivity contribution in [3.8, 4) is 0 Å². The third-order valence-electron chi connectivity index (χ3n) is 3.06. The van der Waals surface area contributed by atoms with Gasteiger partial charge in [-0.25, -0.2) is 9.59 Å². The number of rotatable bonds is 9. The number of carbonyl (C=O) groups excluding carboxylic acids is 3. The van der Waals surface area contributed by atoms with Crippen LogP contribution in [-0.2, 0) is 25.7 Å². The Labute approximate surface area is 129 Å². The fourth-order valence-corrected chi connectivity index (χ4v) is 1.87. The number of hydrogen-bond donors (Lipinski definition) is 1. The largest absolute Gasteiger partial charge is 0.467 e. The Bertz CT molecular complexity index is 475. The number of nitrogens with one attached hydrogen (secondary N) is 1. The van der Waals surface area contributed by atoms with E-state index in [1.807, 2.05) is 30.3 Å². The number of alkyl carbamates (subject to hydrolysis) is 1. The van der Waals surface area contributed by atoms with Crippen molar-refractivity contribution in [2.45, 2.75) is 38.3 Å². The predicted molar refractivity (Wildman–Crippen MR) is 80.1 cm³/mol. The van der Waals surface area contributed by atoms with Gasteiger partial charge in [0.05, 0.1) is 7.11 Å². The Balaban J connectivity index is 2.41. The fourth-order valence-electron chi connectivity index (χ4n) is 1.87. The summed E-state index contributed by atoms with van der Waals surface area (Å²) in [6.07, 6.45) is 2.30. The van der Waals surface area contributed by atoms with Gasteiger partial charge in [0.2, 0.25) is 0 Å². The number of unbranched alkanes of at least 4 members (excludes halogenated alkanes) is 2. The van der Waals surface area contributed by atoms with E-state index in [9.17, 15) is 14.4 Å². The summed E-state index contributed by atoms with van der Waals surface area (Å²) >= 11 is 0. The minimum Gasteiger partial charge on any atom is -0.467 e. The highest BCUT2D eigenvalue weighted by molar-refractivity contribution is 5.81. The number of aldehydes is 1. The van der Waals surface area contributed by atoms with Gasteiger partial charge < -0.3 is 19.6 Å². The number of ether oxygens (including phenoxy) is 2. The molecule has 0 aliphatic heterocycles. The van der Waals surface area contributed by atoms with Crippen LogP contribution in [0.3, 0.4) is 0 Å². The molecule has 0 saturated carbocycles. The Morgan fingerprint density at radius 2 is 1.95 bits per heavy atom. The minimum absolute atomic E-state index is 0.131. The topological polar surface area (TPSA) is 81.7 Å². The van der Waals surface area contributed by atoms with Gasteiger partial charge in [0.25, 0.3) is 0 Å². The summed E-state index contributed by atoms with van der Waals surface area (Å²) < 4.78 is 9.72. The van der Waals surface area contributed by atoms with Crippen molar-refractivity contribution in [2.75, 3.05) is 7.11 Å². The zero-order valence-corrected chi connectivity index (χ0v) is 12.6. The quantitative estimate of drug-likeness (QED) is 0.430. The van der Waals surface area contributed by atoms with Gasteiger partial charge >= 0.3 is 12.1 Å². The lowest BCUT2D eigenvalue weighted by atomic mass is 10.1. The Morgan fingerprint density at radius 3 is 2.59 bits per heavy atom. The van der Waals surface area contributed by atoms with Crippen molar-refractivity contribution in [3.63, 3.8) is 0 Å². The first-order valence-electron chi connectivity index (χ1n) is 7.16. The molecule has 1 amide bonds. The van der Waals surface area contributed by atoms with Gasteiger partial charge in [-0.1, -0.05) is 36.8 Å². The lowest BCUT2D eigenvalue weighted by molar-refractivity contribution is -0.143. The highest BCUT2D eigenvalue weighted by Crippen LogP contribution is 2.06. The van der Waals surface area contributed by atoms with Crippen molar-refractivity contribution in [1.82, 2.24) is 5.32 Å². The molecular formula is C16H21NO5. The highest BCUT2D eigenvalue weighted by atomic mass is 16.6. The molecular weight excluding hydrogens is 286 g/mol. The molecule has 0 fully saturated rings. The van der Waals surface area contributed by atoms with E-state index >= 15 is 0 Å². The zero-order valence-electron chi connectivity index (χ0n) is 12.6. The van der Waals surface area contributed by atoms with Gasteiger partial charge in [-0.05, 0) is 18.4 Å². The van der Waals surface area contributed by atoms with Crippen molar-refractivity contribution >= 4 is 18.3 Å². The van der Waals surface area contributed by atoms with Crippen molar-refractivity contribution < 1.29 is 23.9 Å². The number of methoxy groups -OCH3 is 1. The summed E-state index contributed by atoms with van der Waals surface area (Å²) in [5.74, 6) is -0.525. The molecule has 22 heavy (non-hydrogen) atoms. The first-order chi connectivity index (χ1) is 10.7. The maximum absolute atomic E-state index is 11.7. The monoisotopic (exact) mass is 307 g/mol. The summed E-state index contributed by atoms with van der Waals surface area (Å²) in [6, 6.07) is 8.48. The molecule has 6 heteroatoms. The van der Waals surface area contributed by atoms with Crippen LogP contribution in [0.1, 0.15) is 31.2 Å². The molecule has 1 N–H and O–H groups in total. The molecule has 1 atom stereocenters. The average molecular weight is 307 g/mol. The van der Waals surface area contributed by atoms with Gasteiger partial charge in [0.15, 0.2) is 0 Å². The van der Waals surface area contributed by atoms with Gasteiger partial charge in [0, 0.05) is 6.42 Å². The average Bonchev–Trinajstić information content (AvgIpc) is 2.56. The molecule has 1 aromatic carbocycles. The zero-order chi connectivity index (χ0) is 16.2. The Kier molecular flexibility index (Phi) is 8.33. The summed E-state index contributed by atoms with van der Waals surface area (Å²) in [6.45, 7) is 0.131. The molecule has 0 radical (unpaired) electrons. The lowest BCUT2D eigenvalue weighted by Gasteiger charge is -2.16. The van der Waals surface area contributed by atoms with Crippen LogP contribution in [0.25, 0.3) is 0 Å². The number of benzene rings is 1. The molecule has 1 aromatic rings. The molecule has 1 rings (SSSR count). The molecule has 6 nitrogen and oxygen atoms in total. The first-order valence-corrected chi connectivity index (χ1v) is 7.16. The number of hydrogen-bond acceptors (Lipinski definition) is 5. The van der Waals surface area contributed by atoms with Crippen LogP contribution in [0.15, 0.2) is 30.3 Å². The molecule has 0 aromatic heterocycles. The van der Waals surface area contributed by atoms with E-state index in [0.717, 1.165) is 11.8 Å². The summed E-state index contributed by atoms with van der Waals surface area (Å²) in [5.41, 5.74) is 0.859. The molecule has 120 valence electrons. The SMILES string of the molecule is COC(=O)C(CCCCC=O)NC(=O)OCc1ccccc1. The van der Waals surface area contributed by atoms with Crippen LogP contribution in [0, 0.1) is 0 Å². The lowest BCUT2D eigenvalue weighted by Crippen LogP contribution is -2.41. The van der Waals surface area contributed by atoms with Crippen molar-refractivity contribution in [1.29, 1.82) is 0 Å². The smallest absolute Gasteiger partial charge is 0.408 e. The van der Waals surface area contributed by atoms with Crippen LogP contribution in [0.4, 0.5) is 4.79 Å². The molecule has 0 aliphatic carbocycles. The van der Waals surface area contributed by atoms with Crippen molar-refractivity contribution in [2.24, 2.45) is 0 Å². The molecule has 0 bridgehead atoms. The molecule has 0 aliphatic rings. The highest BCUT2D eigenvalue weighted by Gasteiger charge is 2.21. The number of esters is 1. The van der Waals surface area contributed by atoms with E-state index in [2.05, 4.69) is 10.1 Å². The predicted octanol–water partition coefficient (Wildman–Crippen LogP) is 2.21. The standard InChI is InChI=1S/C16H21NO5/c1-21-15(19)14(10-6-3-7-11-18)17-16(20)22-12-13-8-4-2-5-9-13/h2,4-5,8-9,11,14H,3,6-7,10,12H2,1H3,(H,17,20). The Morgan fingerprint density at radius 1 is 1.23 bits per heavy atom. The van der Waals surface area contributed by atoms with E-state index in [-0.39, 0.29) is 6.61 Å². The third kappa shape index (κ3) is 6.88. The van der Waals surface area contributed by atoms with Crippen LogP contribution in [-0.4, -0.2) is 31.5 Å². The van der Waals surface area contributed by atoms with Gasteiger partial charge in [-0.15, -0.1) is 0 Å². The number of carbonyl (C=O) groups is 3. The third-order valence-corrected chi connectivity index (χ3v) is 3.06. The maximum Gasteiger partial charge on any atom is 0.408 e. The van der Waals surface area contributed by atoms with Crippen LogP contribution in [0.2, 0.25) is 0 Å². The van der Waals surface area contributed by atoms with E-state index in [1.54, 1.807) is 0 Å². The van der Waals surface area contributed by atoms with Crippen LogP contribution in [0.5, 0.6) is 0 Å². The van der Waals surface area contributed by atoms with Crippen LogP contribution < -0.4 is 5.32 Å². The van der Waals surface area contributed by atoms with Crippen molar-refractivity contribution in [3.05, 3.63) is 35.9 Å². The molecule has 1 unspecified atom stereocenters. The second kappa shape index (κ2) is 10.4. The Hall–Kier alpha value is -2.37. The summed E-state index contributed by atoms with van der Waals surface area (Å²) in [4.78, 5) is 33.6. The summed E-state index contributed by atoms with van der Waals surface area (Å²) in [5, 5.41) is 2.49. The number of amides is 1. The normalized spacial score (nSPS) is 11.3. The van der Waals surface area contributed by atoms with Gasteiger partial charge in [-0.3, -0.25) is 0 Å². The second-order valence-corrected chi connectivity index (χ2v) is 4.73. The van der Waals surface area contributed by atoms with E-state index < -0.39 is 18.1 Å². The second-order valence-electron chi connectivity index (χ2n) is 4.73. The van der Waals surface area contributed by atoms with Gasteiger partial charge in [-0.2, -0.15) is 0 Å². The molecule has 0 saturated heterocycles. The van der Waals surface area contributed by atoms with E-state index in [0.29, 0.717) is 25.7 Å². The minimum atomic E-state index is -0.764. The molecule has 0 spiro atoms. The first kappa shape index (κ1) is 17.7. The van der Waals surface area contributed by atoms with E-state index in [1.165, 1.54) is 7.11 Å². The van der Waals surface area contributed by atoms with E-state index in [4.69, 9.17) is 4.74 Å². The maximum atomic E-state index is 11.7. The van der Waals surface area contributed by atoms with Crippen LogP contribution >= 0.6 is 0 Å². The fraction of sp³-hybridized carbons (Fsp3) is 0.438.